The minimum absolute atomic E-state index is 0.0774. The molecule has 180 valence electrons. The Kier molecular flexibility index (Phi) is 6.17. The first-order valence-corrected chi connectivity index (χ1v) is 10.4. The number of carbonyl (C=O) groups is 3. The molecule has 5 N–H and O–H groups in total. The van der Waals surface area contributed by atoms with Gasteiger partial charge in [-0.3, -0.25) is 19.7 Å². The van der Waals surface area contributed by atoms with Crippen molar-refractivity contribution in [2.75, 3.05) is 10.6 Å². The van der Waals surface area contributed by atoms with E-state index in [1.807, 2.05) is 0 Å². The summed E-state index contributed by atoms with van der Waals surface area (Å²) in [6, 6.07) is 8.63. The van der Waals surface area contributed by atoms with E-state index in [4.69, 9.17) is 0 Å². The lowest BCUT2D eigenvalue weighted by molar-refractivity contribution is -0.144. The first kappa shape index (κ1) is 23.5. The Morgan fingerprint density at radius 1 is 1.09 bits per heavy atom. The second kappa shape index (κ2) is 8.93. The van der Waals surface area contributed by atoms with Gasteiger partial charge < -0.3 is 21.3 Å². The molecule has 2 aromatic rings. The number of amides is 3. The number of hydrogen-bond acceptors (Lipinski definition) is 5. The Hall–Kier alpha value is -3.67. The molecule has 2 aliphatic rings. The lowest BCUT2D eigenvalue weighted by atomic mass is 9.81. The van der Waals surface area contributed by atoms with Crippen molar-refractivity contribution in [3.63, 3.8) is 0 Å². The molecule has 2 saturated heterocycles. The Morgan fingerprint density at radius 3 is 2.56 bits per heavy atom. The zero-order valence-corrected chi connectivity index (χ0v) is 17.8. The lowest BCUT2D eigenvalue weighted by Crippen LogP contribution is -2.72. The maximum absolute atomic E-state index is 14.2. The van der Waals surface area contributed by atoms with Gasteiger partial charge in [0.2, 0.25) is 17.7 Å². The third kappa shape index (κ3) is 4.96. The highest BCUT2D eigenvalue weighted by Gasteiger charge is 2.48. The summed E-state index contributed by atoms with van der Waals surface area (Å²) < 4.78 is 53.1. The molecule has 0 saturated carbocycles. The fourth-order valence-electron chi connectivity index (χ4n) is 4.05. The molecule has 0 aliphatic carbocycles. The highest BCUT2D eigenvalue weighted by molar-refractivity contribution is 6.00. The molecule has 8 nitrogen and oxygen atoms in total. The summed E-state index contributed by atoms with van der Waals surface area (Å²) in [5.74, 6) is -4.58. The molecule has 2 fully saturated rings. The van der Waals surface area contributed by atoms with Crippen LogP contribution >= 0.6 is 0 Å². The van der Waals surface area contributed by atoms with E-state index >= 15 is 0 Å². The van der Waals surface area contributed by atoms with Gasteiger partial charge in [0.1, 0.15) is 5.82 Å². The molecule has 2 aromatic carbocycles. The van der Waals surface area contributed by atoms with Crippen molar-refractivity contribution in [3.8, 4) is 0 Å². The normalized spacial score (nSPS) is 24.5. The minimum atomic E-state index is -4.54. The molecular formula is C22H21F4N5O3. The molecule has 12 heteroatoms. The highest BCUT2D eigenvalue weighted by Crippen LogP contribution is 2.32. The number of fused-ring (bicyclic) bond motifs is 1. The smallest absolute Gasteiger partial charge is 0.353 e. The number of alkyl halides is 3. The van der Waals surface area contributed by atoms with Crippen LogP contribution in [0.1, 0.15) is 17.5 Å². The summed E-state index contributed by atoms with van der Waals surface area (Å²) in [7, 11) is 0. The average molecular weight is 479 g/mol. The van der Waals surface area contributed by atoms with Gasteiger partial charge in [0, 0.05) is 12.1 Å². The minimum Gasteiger partial charge on any atom is -0.353 e. The molecular weight excluding hydrogens is 458 g/mol. The van der Waals surface area contributed by atoms with Crippen LogP contribution in [0.15, 0.2) is 42.5 Å². The molecule has 2 aliphatic heterocycles. The summed E-state index contributed by atoms with van der Waals surface area (Å²) in [5.41, 5.74) is -0.213. The molecule has 3 amide bonds. The fraction of sp³-hybridized carbons (Fsp3) is 0.318. The van der Waals surface area contributed by atoms with Crippen molar-refractivity contribution in [1.82, 2.24) is 16.0 Å². The summed E-state index contributed by atoms with van der Waals surface area (Å²) >= 11 is 0. The number of carbonyl (C=O) groups excluding carboxylic acids is 3. The second-order valence-electron chi connectivity index (χ2n) is 8.19. The van der Waals surface area contributed by atoms with Gasteiger partial charge >= 0.3 is 6.18 Å². The van der Waals surface area contributed by atoms with E-state index in [2.05, 4.69) is 26.6 Å². The number of nitrogens with one attached hydrogen (secondary N) is 5. The Morgan fingerprint density at radius 2 is 1.85 bits per heavy atom. The standard InChI is InChI=1S/C22H21F4N5O3/c1-10-5-6-15(14(23)7-10)28-19(33)13-9-16(32)29-18-17(13)20(34)31-21(30-18)27-12-4-2-3-11(8-12)22(24,25)26/h2-8,13,17-18,21,27,30H,9H2,1H3,(H,28,33)(H,29,32)(H,31,34). The van der Waals surface area contributed by atoms with E-state index in [0.29, 0.717) is 5.56 Å². The van der Waals surface area contributed by atoms with Crippen LogP contribution in [0, 0.1) is 24.6 Å². The van der Waals surface area contributed by atoms with Crippen LogP contribution in [-0.2, 0) is 20.6 Å². The van der Waals surface area contributed by atoms with E-state index in [1.165, 1.54) is 24.3 Å². The van der Waals surface area contributed by atoms with Gasteiger partial charge in [-0.05, 0) is 42.8 Å². The van der Waals surface area contributed by atoms with Crippen LogP contribution in [0.2, 0.25) is 0 Å². The Bertz CT molecular complexity index is 1140. The maximum atomic E-state index is 14.2. The summed E-state index contributed by atoms with van der Waals surface area (Å²) in [4.78, 5) is 38.0. The quantitative estimate of drug-likeness (QED) is 0.432. The second-order valence-corrected chi connectivity index (χ2v) is 8.19. The van der Waals surface area contributed by atoms with Crippen molar-refractivity contribution < 1.29 is 31.9 Å². The van der Waals surface area contributed by atoms with Crippen molar-refractivity contribution in [2.45, 2.75) is 32.0 Å². The number of piperidine rings is 1. The van der Waals surface area contributed by atoms with Crippen molar-refractivity contribution in [1.29, 1.82) is 0 Å². The van der Waals surface area contributed by atoms with E-state index in [-0.39, 0.29) is 17.8 Å². The van der Waals surface area contributed by atoms with E-state index in [0.717, 1.165) is 12.1 Å². The summed E-state index contributed by atoms with van der Waals surface area (Å²) in [6.07, 6.45) is -6.83. The van der Waals surface area contributed by atoms with Crippen molar-refractivity contribution in [2.24, 2.45) is 11.8 Å². The molecule has 4 atom stereocenters. The molecule has 0 radical (unpaired) electrons. The zero-order valence-electron chi connectivity index (χ0n) is 17.8. The number of anilines is 2. The molecule has 2 heterocycles. The number of hydrogen-bond donors (Lipinski definition) is 5. The van der Waals surface area contributed by atoms with Crippen LogP contribution < -0.4 is 26.6 Å². The number of aryl methyl sites for hydroxylation is 1. The monoisotopic (exact) mass is 479 g/mol. The SMILES string of the molecule is Cc1ccc(NC(=O)C2CC(=O)NC3NC(Nc4cccc(C(F)(F)F)c4)NC(=O)C32)c(F)c1. The molecule has 0 aromatic heterocycles. The number of rotatable bonds is 4. The van der Waals surface area contributed by atoms with Gasteiger partial charge in [0.15, 0.2) is 6.29 Å². The van der Waals surface area contributed by atoms with Gasteiger partial charge in [0.05, 0.1) is 29.3 Å². The topological polar surface area (TPSA) is 111 Å². The molecule has 0 bridgehead atoms. The average Bonchev–Trinajstić information content (AvgIpc) is 2.74. The molecule has 4 rings (SSSR count). The number of benzene rings is 2. The summed E-state index contributed by atoms with van der Waals surface area (Å²) in [6.45, 7) is 1.69. The van der Waals surface area contributed by atoms with Crippen LogP contribution in [0.4, 0.5) is 28.9 Å². The largest absolute Gasteiger partial charge is 0.416 e. The van der Waals surface area contributed by atoms with Crippen LogP contribution in [0.25, 0.3) is 0 Å². The van der Waals surface area contributed by atoms with Gasteiger partial charge in [0.25, 0.3) is 0 Å². The van der Waals surface area contributed by atoms with E-state index in [9.17, 15) is 31.9 Å². The maximum Gasteiger partial charge on any atom is 0.416 e. The molecule has 4 unspecified atom stereocenters. The van der Waals surface area contributed by atoms with Gasteiger partial charge in [-0.25, -0.2) is 4.39 Å². The fourth-order valence-corrected chi connectivity index (χ4v) is 4.05. The lowest BCUT2D eigenvalue weighted by Gasteiger charge is -2.43. The Balaban J connectivity index is 1.49. The van der Waals surface area contributed by atoms with Crippen LogP contribution in [0.5, 0.6) is 0 Å². The summed E-state index contributed by atoms with van der Waals surface area (Å²) in [5, 5.41) is 13.2. The Labute approximate surface area is 191 Å². The van der Waals surface area contributed by atoms with Crippen molar-refractivity contribution >= 4 is 29.1 Å². The third-order valence-electron chi connectivity index (χ3n) is 5.67. The third-order valence-corrected chi connectivity index (χ3v) is 5.67. The molecule has 0 spiro atoms. The number of halogens is 4. The van der Waals surface area contributed by atoms with E-state index < -0.39 is 59.6 Å². The van der Waals surface area contributed by atoms with Crippen LogP contribution in [-0.4, -0.2) is 30.2 Å². The zero-order chi connectivity index (χ0) is 24.6. The highest BCUT2D eigenvalue weighted by atomic mass is 19.4. The first-order valence-electron chi connectivity index (χ1n) is 10.4. The van der Waals surface area contributed by atoms with Gasteiger partial charge in [-0.2, -0.15) is 13.2 Å². The molecule has 34 heavy (non-hydrogen) atoms. The van der Waals surface area contributed by atoms with E-state index in [1.54, 1.807) is 13.0 Å². The van der Waals surface area contributed by atoms with Gasteiger partial charge in [-0.1, -0.05) is 12.1 Å². The predicted octanol–water partition coefficient (Wildman–Crippen LogP) is 2.28. The van der Waals surface area contributed by atoms with Crippen molar-refractivity contribution in [3.05, 3.63) is 59.4 Å². The van der Waals surface area contributed by atoms with Gasteiger partial charge in [-0.15, -0.1) is 0 Å². The first-order chi connectivity index (χ1) is 16.0. The predicted molar refractivity (Wildman–Crippen MR) is 113 cm³/mol. The van der Waals surface area contributed by atoms with Crippen LogP contribution in [0.3, 0.4) is 0 Å².